The number of hydrogen-bond acceptors (Lipinski definition) is 6. The van der Waals surface area contributed by atoms with Crippen molar-refractivity contribution in [3.8, 4) is 23.3 Å². The molecule has 9 nitrogen and oxygen atoms in total. The highest BCUT2D eigenvalue weighted by molar-refractivity contribution is 6.01. The number of ether oxygens (including phenoxy) is 1. The van der Waals surface area contributed by atoms with Gasteiger partial charge in [0.2, 0.25) is 0 Å². The van der Waals surface area contributed by atoms with Gasteiger partial charge < -0.3 is 19.5 Å². The molecule has 0 spiro atoms. The minimum absolute atomic E-state index is 0.136. The first-order valence-electron chi connectivity index (χ1n) is 9.71. The van der Waals surface area contributed by atoms with E-state index in [2.05, 4.69) is 25.5 Å². The fourth-order valence-corrected chi connectivity index (χ4v) is 3.12. The lowest BCUT2D eigenvalue weighted by molar-refractivity contribution is 0.0992. The van der Waals surface area contributed by atoms with Crippen molar-refractivity contribution < 1.29 is 13.9 Å². The summed E-state index contributed by atoms with van der Waals surface area (Å²) in [6, 6.07) is 21.4. The molecule has 32 heavy (non-hydrogen) atoms. The Morgan fingerprint density at radius 3 is 2.78 bits per heavy atom. The first-order chi connectivity index (χ1) is 15.7. The Morgan fingerprint density at radius 1 is 1.12 bits per heavy atom. The van der Waals surface area contributed by atoms with E-state index in [1.54, 1.807) is 42.5 Å². The van der Waals surface area contributed by atoms with E-state index in [-0.39, 0.29) is 12.4 Å². The zero-order valence-corrected chi connectivity index (χ0v) is 16.6. The number of fused-ring (bicyclic) bond motifs is 1. The molecule has 0 aliphatic carbocycles. The summed E-state index contributed by atoms with van der Waals surface area (Å²) in [4.78, 5) is 20.2. The summed E-state index contributed by atoms with van der Waals surface area (Å²) >= 11 is 0. The van der Waals surface area contributed by atoms with Gasteiger partial charge in [-0.25, -0.2) is 4.98 Å². The molecule has 0 fully saturated rings. The average Bonchev–Trinajstić information content (AvgIpc) is 3.57. The van der Waals surface area contributed by atoms with Crippen LogP contribution in [0.25, 0.3) is 22.6 Å². The molecule has 3 N–H and O–H groups in total. The second-order valence-corrected chi connectivity index (χ2v) is 6.91. The number of hydrogen-bond donors (Lipinski definition) is 3. The van der Waals surface area contributed by atoms with Gasteiger partial charge in [-0.05, 0) is 48.5 Å². The normalized spacial score (nSPS) is 10.7. The summed E-state index contributed by atoms with van der Waals surface area (Å²) in [6.45, 7) is 0.151. The van der Waals surface area contributed by atoms with Gasteiger partial charge in [-0.1, -0.05) is 12.1 Å². The van der Waals surface area contributed by atoms with E-state index in [9.17, 15) is 4.79 Å². The largest absolute Gasteiger partial charge is 0.486 e. The van der Waals surface area contributed by atoms with Crippen LogP contribution < -0.4 is 10.1 Å². The number of carbonyl (C=O) groups is 1. The van der Waals surface area contributed by atoms with E-state index in [1.807, 2.05) is 30.3 Å². The lowest BCUT2D eigenvalue weighted by Gasteiger charge is -2.03. The maximum Gasteiger partial charge on any atom is 0.292 e. The predicted octanol–water partition coefficient (Wildman–Crippen LogP) is 4.25. The van der Waals surface area contributed by atoms with Gasteiger partial charge in [0.15, 0.2) is 17.4 Å². The van der Waals surface area contributed by atoms with Crippen LogP contribution in [0.4, 0.5) is 5.82 Å². The summed E-state index contributed by atoms with van der Waals surface area (Å²) in [5, 5.41) is 18.5. The van der Waals surface area contributed by atoms with E-state index in [0.717, 1.165) is 11.0 Å². The highest BCUT2D eigenvalue weighted by atomic mass is 16.5. The molecule has 0 atom stereocenters. The number of furan rings is 1. The molecule has 1 amide bonds. The van der Waals surface area contributed by atoms with Crippen LogP contribution in [-0.2, 0) is 6.61 Å². The summed E-state index contributed by atoms with van der Waals surface area (Å²) in [5.74, 6) is 1.76. The minimum atomic E-state index is -0.433. The average molecular weight is 424 g/mol. The second kappa shape index (κ2) is 8.12. The maximum atomic E-state index is 12.5. The summed E-state index contributed by atoms with van der Waals surface area (Å²) in [6.07, 6.45) is 0. The van der Waals surface area contributed by atoms with Gasteiger partial charge in [0.1, 0.15) is 23.8 Å². The molecule has 9 heteroatoms. The van der Waals surface area contributed by atoms with E-state index >= 15 is 0 Å². The van der Waals surface area contributed by atoms with E-state index in [4.69, 9.17) is 14.4 Å². The Hall–Kier alpha value is -4.84. The van der Waals surface area contributed by atoms with Crippen molar-refractivity contribution in [2.24, 2.45) is 0 Å². The Morgan fingerprint density at radius 2 is 1.97 bits per heavy atom. The molecule has 3 heterocycles. The summed E-state index contributed by atoms with van der Waals surface area (Å²) in [7, 11) is 0. The van der Waals surface area contributed by atoms with Crippen LogP contribution in [0.5, 0.6) is 5.75 Å². The third-order valence-electron chi connectivity index (χ3n) is 4.71. The van der Waals surface area contributed by atoms with Gasteiger partial charge in [-0.3, -0.25) is 9.89 Å². The first kappa shape index (κ1) is 19.1. The third kappa shape index (κ3) is 3.93. The molecule has 0 unspecified atom stereocenters. The highest BCUT2D eigenvalue weighted by Gasteiger charge is 2.15. The van der Waals surface area contributed by atoms with Crippen LogP contribution >= 0.6 is 0 Å². The molecule has 5 aromatic rings. The first-order valence-corrected chi connectivity index (χ1v) is 9.71. The zero-order valence-electron chi connectivity index (χ0n) is 16.6. The fourth-order valence-electron chi connectivity index (χ4n) is 3.12. The molecular weight excluding hydrogens is 408 g/mol. The quantitative estimate of drug-likeness (QED) is 0.373. The lowest BCUT2D eigenvalue weighted by atomic mass is 10.2. The molecule has 0 aliphatic heterocycles. The second-order valence-electron chi connectivity index (χ2n) is 6.91. The molecule has 0 bridgehead atoms. The van der Waals surface area contributed by atoms with Crippen LogP contribution in [0.3, 0.4) is 0 Å². The van der Waals surface area contributed by atoms with Crippen molar-refractivity contribution in [3.05, 3.63) is 83.8 Å². The number of amides is 1. The molecule has 156 valence electrons. The number of aromatic amines is 2. The molecule has 2 aromatic carbocycles. The van der Waals surface area contributed by atoms with Crippen molar-refractivity contribution in [2.45, 2.75) is 6.61 Å². The van der Waals surface area contributed by atoms with Crippen LogP contribution in [0, 0.1) is 11.3 Å². The van der Waals surface area contributed by atoms with Crippen molar-refractivity contribution in [2.75, 3.05) is 5.32 Å². The predicted molar refractivity (Wildman–Crippen MR) is 116 cm³/mol. The van der Waals surface area contributed by atoms with Gasteiger partial charge in [-0.15, -0.1) is 0 Å². The molecule has 0 aliphatic rings. The Labute approximate surface area is 181 Å². The van der Waals surface area contributed by atoms with Crippen molar-refractivity contribution in [3.63, 3.8) is 0 Å². The number of nitrogens with one attached hydrogen (secondary N) is 3. The van der Waals surface area contributed by atoms with E-state index < -0.39 is 5.91 Å². The fraction of sp³-hybridized carbons (Fsp3) is 0.0435. The number of rotatable bonds is 6. The van der Waals surface area contributed by atoms with Crippen molar-refractivity contribution in [1.29, 1.82) is 5.26 Å². The number of nitrogens with zero attached hydrogens (tertiary/aromatic N) is 3. The van der Waals surface area contributed by atoms with Crippen molar-refractivity contribution in [1.82, 2.24) is 20.2 Å². The lowest BCUT2D eigenvalue weighted by Crippen LogP contribution is -2.11. The molecule has 3 aromatic heterocycles. The number of para-hydroxylation sites is 2. The van der Waals surface area contributed by atoms with Gasteiger partial charge in [0, 0.05) is 6.07 Å². The van der Waals surface area contributed by atoms with Gasteiger partial charge in [-0.2, -0.15) is 10.4 Å². The van der Waals surface area contributed by atoms with Crippen molar-refractivity contribution >= 4 is 22.8 Å². The topological polar surface area (TPSA) is 133 Å². The van der Waals surface area contributed by atoms with Crippen LogP contribution in [0.15, 0.2) is 71.1 Å². The number of H-pyrrole nitrogens is 2. The Bertz CT molecular complexity index is 1410. The zero-order chi connectivity index (χ0) is 21.9. The maximum absolute atomic E-state index is 12.5. The van der Waals surface area contributed by atoms with E-state index in [0.29, 0.717) is 34.4 Å². The minimum Gasteiger partial charge on any atom is -0.486 e. The number of aromatic nitrogens is 4. The van der Waals surface area contributed by atoms with Crippen LogP contribution in [0.1, 0.15) is 21.9 Å². The standard InChI is InChI=1S/C23H16N6O3/c24-12-14-5-7-15(8-6-14)31-13-16-9-10-20(32-16)23(30)27-21-11-19(28-29-21)22-25-17-3-1-2-4-18(17)26-22/h1-11H,13H2,(H,25,26)(H2,27,28,29,30). The SMILES string of the molecule is N#Cc1ccc(OCc2ccc(C(=O)Nc3cc(-c4nc5ccccc5[nH]4)[nH]n3)o2)cc1. The molecule has 0 saturated carbocycles. The van der Waals surface area contributed by atoms with Gasteiger partial charge in [0.25, 0.3) is 5.91 Å². The number of imidazole rings is 1. The molecule has 5 rings (SSSR count). The van der Waals surface area contributed by atoms with E-state index in [1.165, 1.54) is 0 Å². The van der Waals surface area contributed by atoms with Crippen LogP contribution in [-0.4, -0.2) is 26.1 Å². The third-order valence-corrected chi connectivity index (χ3v) is 4.71. The van der Waals surface area contributed by atoms with Gasteiger partial charge >= 0.3 is 0 Å². The Kier molecular flexibility index (Phi) is 4.86. The monoisotopic (exact) mass is 424 g/mol. The number of anilines is 1. The number of benzene rings is 2. The molecule has 0 radical (unpaired) electrons. The molecule has 0 saturated heterocycles. The summed E-state index contributed by atoms with van der Waals surface area (Å²) in [5.41, 5.74) is 2.95. The summed E-state index contributed by atoms with van der Waals surface area (Å²) < 4.78 is 11.2. The number of carbonyl (C=O) groups excluding carboxylic acids is 1. The number of nitriles is 1. The highest BCUT2D eigenvalue weighted by Crippen LogP contribution is 2.21. The van der Waals surface area contributed by atoms with Crippen LogP contribution in [0.2, 0.25) is 0 Å². The van der Waals surface area contributed by atoms with Gasteiger partial charge in [0.05, 0.1) is 22.7 Å². The smallest absolute Gasteiger partial charge is 0.292 e. The Balaban J connectivity index is 1.22. The molecular formula is C23H16N6O3.